The van der Waals surface area contributed by atoms with Gasteiger partial charge < -0.3 is 10.4 Å². The zero-order valence-electron chi connectivity index (χ0n) is 12.0. The number of aryl methyl sites for hydroxylation is 1. The summed E-state index contributed by atoms with van der Waals surface area (Å²) in [4.78, 5) is 22.8. The summed E-state index contributed by atoms with van der Waals surface area (Å²) in [6, 6.07) is 2.07. The lowest BCUT2D eigenvalue weighted by Crippen LogP contribution is -2.45. The summed E-state index contributed by atoms with van der Waals surface area (Å²) in [6.07, 6.45) is 0.526. The second-order valence-electron chi connectivity index (χ2n) is 5.00. The zero-order valence-corrected chi connectivity index (χ0v) is 12.0. The second kappa shape index (κ2) is 7.71. The molecule has 0 saturated carbocycles. The minimum atomic E-state index is -1.10. The fourth-order valence-corrected chi connectivity index (χ4v) is 1.91. The van der Waals surface area contributed by atoms with Crippen molar-refractivity contribution in [3.05, 3.63) is 35.4 Å². The van der Waals surface area contributed by atoms with E-state index in [1.807, 2.05) is 6.92 Å². The molecule has 1 rings (SSSR count). The first-order valence-corrected chi connectivity index (χ1v) is 6.81. The van der Waals surface area contributed by atoms with Crippen LogP contribution in [0, 0.1) is 17.6 Å². The van der Waals surface area contributed by atoms with Crippen molar-refractivity contribution in [2.75, 3.05) is 0 Å². The molecule has 0 bridgehead atoms. The molecule has 0 aliphatic carbocycles. The number of rotatable bonds is 7. The molecule has 116 valence electrons. The van der Waals surface area contributed by atoms with Crippen LogP contribution in [0.1, 0.15) is 32.3 Å². The predicted octanol–water partition coefficient (Wildman–Crippen LogP) is 2.51. The number of hydrogen-bond donors (Lipinski definition) is 2. The summed E-state index contributed by atoms with van der Waals surface area (Å²) >= 11 is 0. The van der Waals surface area contributed by atoms with Crippen LogP contribution in [0.2, 0.25) is 0 Å². The van der Waals surface area contributed by atoms with E-state index >= 15 is 0 Å². The molecule has 6 heteroatoms. The Morgan fingerprint density at radius 1 is 1.33 bits per heavy atom. The molecular formula is C15H19F2NO3. The van der Waals surface area contributed by atoms with Crippen molar-refractivity contribution < 1.29 is 23.5 Å². The van der Waals surface area contributed by atoms with Crippen molar-refractivity contribution in [1.82, 2.24) is 5.32 Å². The molecule has 0 aromatic heterocycles. The van der Waals surface area contributed by atoms with Crippen molar-refractivity contribution in [2.45, 2.75) is 39.2 Å². The summed E-state index contributed by atoms with van der Waals surface area (Å²) in [5.74, 6) is -2.96. The van der Waals surface area contributed by atoms with E-state index < -0.39 is 29.6 Å². The average molecular weight is 299 g/mol. The van der Waals surface area contributed by atoms with E-state index in [9.17, 15) is 18.4 Å². The number of carbonyl (C=O) groups is 2. The molecule has 1 amide bonds. The molecular weight excluding hydrogens is 280 g/mol. The van der Waals surface area contributed by atoms with E-state index in [0.717, 1.165) is 18.2 Å². The van der Waals surface area contributed by atoms with Crippen LogP contribution in [-0.4, -0.2) is 23.0 Å². The standard InChI is InChI=1S/C15H19F2NO3/c1-3-9(2)14(15(20)21)18-13(19)7-4-10-8-11(16)5-6-12(10)17/h5-6,8-9,14H,3-4,7H2,1-2H3,(H,18,19)(H,20,21)/t9-,14-/m0/s1. The topological polar surface area (TPSA) is 66.4 Å². The van der Waals surface area contributed by atoms with Crippen LogP contribution in [0.5, 0.6) is 0 Å². The fourth-order valence-electron chi connectivity index (χ4n) is 1.91. The molecule has 0 radical (unpaired) electrons. The summed E-state index contributed by atoms with van der Waals surface area (Å²) in [6.45, 7) is 3.56. The molecule has 2 atom stereocenters. The Morgan fingerprint density at radius 3 is 2.57 bits per heavy atom. The van der Waals surface area contributed by atoms with E-state index in [1.54, 1.807) is 6.92 Å². The van der Waals surface area contributed by atoms with E-state index in [4.69, 9.17) is 5.11 Å². The van der Waals surface area contributed by atoms with Gasteiger partial charge in [-0.2, -0.15) is 0 Å². The molecule has 0 fully saturated rings. The summed E-state index contributed by atoms with van der Waals surface area (Å²) in [5, 5.41) is 11.5. The highest BCUT2D eigenvalue weighted by Crippen LogP contribution is 2.12. The Labute approximate surface area is 122 Å². The van der Waals surface area contributed by atoms with Crippen LogP contribution in [-0.2, 0) is 16.0 Å². The molecule has 1 aromatic carbocycles. The molecule has 21 heavy (non-hydrogen) atoms. The Balaban J connectivity index is 2.61. The Hall–Kier alpha value is -1.98. The van der Waals surface area contributed by atoms with Crippen LogP contribution in [0.15, 0.2) is 18.2 Å². The van der Waals surface area contributed by atoms with Crippen LogP contribution in [0.3, 0.4) is 0 Å². The lowest BCUT2D eigenvalue weighted by atomic mass is 9.99. The monoisotopic (exact) mass is 299 g/mol. The van der Waals surface area contributed by atoms with E-state index in [2.05, 4.69) is 5.32 Å². The molecule has 0 unspecified atom stereocenters. The van der Waals surface area contributed by atoms with Crippen molar-refractivity contribution in [3.63, 3.8) is 0 Å². The Kier molecular flexibility index (Phi) is 6.27. The number of carbonyl (C=O) groups excluding carboxylic acids is 1. The van der Waals surface area contributed by atoms with Crippen molar-refractivity contribution in [2.24, 2.45) is 5.92 Å². The lowest BCUT2D eigenvalue weighted by Gasteiger charge is -2.20. The van der Waals surface area contributed by atoms with Crippen LogP contribution < -0.4 is 5.32 Å². The highest BCUT2D eigenvalue weighted by atomic mass is 19.1. The minimum absolute atomic E-state index is 0.0161. The van der Waals surface area contributed by atoms with Crippen molar-refractivity contribution in [3.8, 4) is 0 Å². The van der Waals surface area contributed by atoms with Gasteiger partial charge in [0.2, 0.25) is 5.91 Å². The van der Waals surface area contributed by atoms with Crippen LogP contribution in [0.25, 0.3) is 0 Å². The van der Waals surface area contributed by atoms with Crippen molar-refractivity contribution in [1.29, 1.82) is 0 Å². The molecule has 0 heterocycles. The molecule has 0 spiro atoms. The third-order valence-electron chi connectivity index (χ3n) is 3.42. The van der Waals surface area contributed by atoms with Gasteiger partial charge >= 0.3 is 5.97 Å². The van der Waals surface area contributed by atoms with Gasteiger partial charge in [-0.15, -0.1) is 0 Å². The number of aliphatic carboxylic acids is 1. The van der Waals surface area contributed by atoms with Crippen molar-refractivity contribution >= 4 is 11.9 Å². The normalized spacial score (nSPS) is 13.5. The lowest BCUT2D eigenvalue weighted by molar-refractivity contribution is -0.143. The Morgan fingerprint density at radius 2 is 2.00 bits per heavy atom. The molecule has 1 aromatic rings. The summed E-state index contributed by atoms with van der Waals surface area (Å²) in [7, 11) is 0. The van der Waals surface area contributed by atoms with Gasteiger partial charge in [-0.25, -0.2) is 13.6 Å². The van der Waals surface area contributed by atoms with Crippen LogP contribution >= 0.6 is 0 Å². The first-order chi connectivity index (χ1) is 9.85. The quantitative estimate of drug-likeness (QED) is 0.813. The summed E-state index contributed by atoms with van der Waals surface area (Å²) < 4.78 is 26.4. The van der Waals surface area contributed by atoms with Gasteiger partial charge in [0.05, 0.1) is 0 Å². The average Bonchev–Trinajstić information content (AvgIpc) is 2.44. The summed E-state index contributed by atoms with van der Waals surface area (Å²) in [5.41, 5.74) is 0.0977. The number of carboxylic acids is 1. The van der Waals surface area contributed by atoms with Gasteiger partial charge in [-0.1, -0.05) is 20.3 Å². The Bertz CT molecular complexity index is 520. The number of carboxylic acid groups (broad SMARTS) is 1. The maximum absolute atomic E-state index is 13.4. The molecule has 0 aliphatic rings. The number of amides is 1. The molecule has 0 aliphatic heterocycles. The number of hydrogen-bond acceptors (Lipinski definition) is 2. The number of halogens is 2. The predicted molar refractivity (Wildman–Crippen MR) is 73.7 cm³/mol. The van der Waals surface area contributed by atoms with Gasteiger partial charge in [-0.05, 0) is 36.1 Å². The van der Waals surface area contributed by atoms with E-state index in [-0.39, 0.29) is 24.3 Å². The third-order valence-corrected chi connectivity index (χ3v) is 3.42. The maximum atomic E-state index is 13.4. The maximum Gasteiger partial charge on any atom is 0.326 e. The number of benzene rings is 1. The molecule has 0 saturated heterocycles. The minimum Gasteiger partial charge on any atom is -0.480 e. The largest absolute Gasteiger partial charge is 0.480 e. The SMILES string of the molecule is CC[C@H](C)[C@H](NC(=O)CCc1cc(F)ccc1F)C(=O)O. The third kappa shape index (κ3) is 5.13. The van der Waals surface area contributed by atoms with E-state index in [0.29, 0.717) is 6.42 Å². The first-order valence-electron chi connectivity index (χ1n) is 6.81. The van der Waals surface area contributed by atoms with Gasteiger partial charge in [0.15, 0.2) is 0 Å². The van der Waals surface area contributed by atoms with Gasteiger partial charge in [0.25, 0.3) is 0 Å². The highest BCUT2D eigenvalue weighted by Gasteiger charge is 2.25. The molecule has 4 nitrogen and oxygen atoms in total. The molecule has 2 N–H and O–H groups in total. The first kappa shape index (κ1) is 17.1. The smallest absolute Gasteiger partial charge is 0.326 e. The van der Waals surface area contributed by atoms with Gasteiger partial charge in [-0.3, -0.25) is 4.79 Å². The van der Waals surface area contributed by atoms with Gasteiger partial charge in [0.1, 0.15) is 17.7 Å². The zero-order chi connectivity index (χ0) is 16.0. The van der Waals surface area contributed by atoms with Gasteiger partial charge in [0, 0.05) is 6.42 Å². The fraction of sp³-hybridized carbons (Fsp3) is 0.467. The second-order valence-corrected chi connectivity index (χ2v) is 5.00. The van der Waals surface area contributed by atoms with E-state index in [1.165, 1.54) is 0 Å². The van der Waals surface area contributed by atoms with Crippen LogP contribution in [0.4, 0.5) is 8.78 Å². The highest BCUT2D eigenvalue weighted by molar-refractivity contribution is 5.83. The number of nitrogens with one attached hydrogen (secondary N) is 1.